The lowest BCUT2D eigenvalue weighted by Crippen LogP contribution is -2.60. The van der Waals surface area contributed by atoms with Gasteiger partial charge in [0, 0.05) is 30.1 Å². The second-order valence-electron chi connectivity index (χ2n) is 8.42. The fourth-order valence-electron chi connectivity index (χ4n) is 4.16. The molecule has 0 spiro atoms. The van der Waals surface area contributed by atoms with E-state index in [9.17, 15) is 35.3 Å². The zero-order valence-corrected chi connectivity index (χ0v) is 19.9. The van der Waals surface area contributed by atoms with Gasteiger partial charge >= 0.3 is 5.97 Å². The van der Waals surface area contributed by atoms with Crippen molar-refractivity contribution in [3.63, 3.8) is 0 Å². The second-order valence-corrected chi connectivity index (χ2v) is 8.42. The molecule has 198 valence electrons. The van der Waals surface area contributed by atoms with Gasteiger partial charge in [0.05, 0.1) is 24.2 Å². The fourth-order valence-corrected chi connectivity index (χ4v) is 4.16. The molecular formula is C24H26N2O11. The van der Waals surface area contributed by atoms with Gasteiger partial charge in [0.2, 0.25) is 6.29 Å². The van der Waals surface area contributed by atoms with E-state index in [0.717, 1.165) is 0 Å². The third-order valence-corrected chi connectivity index (χ3v) is 6.17. The van der Waals surface area contributed by atoms with E-state index in [1.165, 1.54) is 37.4 Å². The number of aryl methyl sites for hydroxylation is 1. The number of rotatable bonds is 8. The molecule has 1 aromatic heterocycles. The number of nitro benzene ring substituents is 1. The molecule has 13 heteroatoms. The number of carbonyl (C=O) groups excluding carboxylic acids is 1. The number of aliphatic hydroxyl groups excluding tert-OH is 4. The summed E-state index contributed by atoms with van der Waals surface area (Å²) in [6, 6.07) is 10.3. The number of ether oxygens (including phenoxy) is 4. The topological polar surface area (TPSA) is 183 Å². The first kappa shape index (κ1) is 26.3. The number of carbonyl (C=O) groups is 1. The summed E-state index contributed by atoms with van der Waals surface area (Å²) < 4.78 is 23.5. The number of hydrogen-bond donors (Lipinski definition) is 4. The van der Waals surface area contributed by atoms with E-state index in [4.69, 9.17) is 18.9 Å². The van der Waals surface area contributed by atoms with Crippen LogP contribution in [0, 0.1) is 10.1 Å². The number of methoxy groups -OCH3 is 1. The first-order chi connectivity index (χ1) is 17.7. The summed E-state index contributed by atoms with van der Waals surface area (Å²) in [5.41, 5.74) is 1.28. The zero-order chi connectivity index (χ0) is 26.9. The highest BCUT2D eigenvalue weighted by atomic mass is 16.7. The summed E-state index contributed by atoms with van der Waals surface area (Å²) in [6.45, 7) is -0.579. The number of esters is 1. The second kappa shape index (κ2) is 10.7. The Labute approximate surface area is 210 Å². The zero-order valence-electron chi connectivity index (χ0n) is 19.9. The van der Waals surface area contributed by atoms with E-state index >= 15 is 0 Å². The first-order valence-corrected chi connectivity index (χ1v) is 11.2. The van der Waals surface area contributed by atoms with Crippen LogP contribution in [-0.4, -0.2) is 80.3 Å². The molecule has 1 fully saturated rings. The maximum atomic E-state index is 12.4. The van der Waals surface area contributed by atoms with Crippen molar-refractivity contribution in [2.24, 2.45) is 7.05 Å². The molecule has 0 saturated carbocycles. The van der Waals surface area contributed by atoms with Crippen molar-refractivity contribution in [2.45, 2.75) is 37.3 Å². The molecular weight excluding hydrogens is 492 g/mol. The molecule has 1 aliphatic rings. The Morgan fingerprint density at radius 2 is 1.81 bits per heavy atom. The minimum atomic E-state index is -1.62. The largest absolute Gasteiger partial charge is 0.489 e. The number of aromatic nitrogens is 1. The predicted octanol–water partition coefficient (Wildman–Crippen LogP) is 0.631. The van der Waals surface area contributed by atoms with Crippen molar-refractivity contribution < 1.29 is 49.1 Å². The third-order valence-electron chi connectivity index (χ3n) is 6.17. The summed E-state index contributed by atoms with van der Waals surface area (Å²) in [7, 11) is 2.88. The average Bonchev–Trinajstić information content (AvgIpc) is 3.25. The van der Waals surface area contributed by atoms with Gasteiger partial charge in [-0.1, -0.05) is 0 Å². The third kappa shape index (κ3) is 5.08. The standard InChI is InChI=1S/C24H26N2O11/c1-25-16(23(31)34-2)9-15-17(36-24-22(30)21(29)20(28)18(10-27)37-24)8-3-12(19(15)25)11-35-14-6-4-13(5-7-14)26(32)33/h3-9,18,20-22,24,27-30H,10-11H2,1-2H3/t18-,20+,21+,22-,24-/m1/s1. The van der Waals surface area contributed by atoms with Crippen molar-refractivity contribution in [3.05, 3.63) is 63.8 Å². The van der Waals surface area contributed by atoms with Crippen LogP contribution >= 0.6 is 0 Å². The van der Waals surface area contributed by atoms with Gasteiger partial charge in [-0.15, -0.1) is 0 Å². The molecule has 1 aliphatic heterocycles. The van der Waals surface area contributed by atoms with Crippen molar-refractivity contribution in [3.8, 4) is 11.5 Å². The lowest BCUT2D eigenvalue weighted by atomic mass is 9.99. The molecule has 0 unspecified atom stereocenters. The van der Waals surface area contributed by atoms with Crippen molar-refractivity contribution in [2.75, 3.05) is 13.7 Å². The summed E-state index contributed by atoms with van der Waals surface area (Å²) >= 11 is 0. The average molecular weight is 518 g/mol. The van der Waals surface area contributed by atoms with Crippen LogP contribution in [0.1, 0.15) is 16.1 Å². The Bertz CT molecular complexity index is 1290. The monoisotopic (exact) mass is 518 g/mol. The Balaban J connectivity index is 1.67. The minimum absolute atomic E-state index is 0.0348. The molecule has 37 heavy (non-hydrogen) atoms. The van der Waals surface area contributed by atoms with Crippen molar-refractivity contribution in [1.82, 2.24) is 4.57 Å². The number of aliphatic hydroxyl groups is 4. The van der Waals surface area contributed by atoms with Crippen LogP contribution in [0.4, 0.5) is 5.69 Å². The highest BCUT2D eigenvalue weighted by Gasteiger charge is 2.45. The molecule has 4 N–H and O–H groups in total. The fraction of sp³-hybridized carbons (Fsp3) is 0.375. The van der Waals surface area contributed by atoms with Gasteiger partial charge in [-0.3, -0.25) is 10.1 Å². The maximum absolute atomic E-state index is 12.4. The van der Waals surface area contributed by atoms with Gasteiger partial charge in [0.1, 0.15) is 48.2 Å². The Hall–Kier alpha value is -3.75. The molecule has 0 amide bonds. The van der Waals surface area contributed by atoms with E-state index < -0.39 is 48.2 Å². The van der Waals surface area contributed by atoms with Gasteiger partial charge < -0.3 is 43.9 Å². The number of benzene rings is 2. The molecule has 3 aromatic rings. The van der Waals surface area contributed by atoms with E-state index in [2.05, 4.69) is 0 Å². The van der Waals surface area contributed by atoms with Gasteiger partial charge in [0.15, 0.2) is 0 Å². The summed E-state index contributed by atoms with van der Waals surface area (Å²) in [5, 5.41) is 51.2. The first-order valence-electron chi connectivity index (χ1n) is 11.2. The highest BCUT2D eigenvalue weighted by Crippen LogP contribution is 2.35. The smallest absolute Gasteiger partial charge is 0.354 e. The van der Waals surface area contributed by atoms with Crippen LogP contribution in [0.15, 0.2) is 42.5 Å². The number of non-ortho nitro benzene ring substituents is 1. The number of fused-ring (bicyclic) bond motifs is 1. The summed E-state index contributed by atoms with van der Waals surface area (Å²) in [4.78, 5) is 22.7. The Morgan fingerprint density at radius 1 is 1.11 bits per heavy atom. The van der Waals surface area contributed by atoms with E-state index in [0.29, 0.717) is 22.2 Å². The van der Waals surface area contributed by atoms with Crippen LogP contribution in [-0.2, 0) is 23.1 Å². The molecule has 2 heterocycles. The van der Waals surface area contributed by atoms with Crippen LogP contribution in [0.5, 0.6) is 11.5 Å². The number of nitro groups is 1. The quantitative estimate of drug-likeness (QED) is 0.186. The van der Waals surface area contributed by atoms with Gasteiger partial charge in [-0.2, -0.15) is 0 Å². The van der Waals surface area contributed by atoms with Crippen LogP contribution in [0.2, 0.25) is 0 Å². The van der Waals surface area contributed by atoms with E-state index in [1.54, 1.807) is 23.7 Å². The number of nitrogens with zero attached hydrogens (tertiary/aromatic N) is 2. The van der Waals surface area contributed by atoms with Gasteiger partial charge in [-0.25, -0.2) is 4.79 Å². The number of hydrogen-bond acceptors (Lipinski definition) is 11. The Morgan fingerprint density at radius 3 is 2.43 bits per heavy atom. The van der Waals surface area contributed by atoms with Crippen molar-refractivity contribution >= 4 is 22.6 Å². The van der Waals surface area contributed by atoms with E-state index in [1.807, 2.05) is 0 Å². The molecule has 0 aliphatic carbocycles. The molecule has 4 rings (SSSR count). The summed E-state index contributed by atoms with van der Waals surface area (Å²) in [6.07, 6.45) is -7.37. The maximum Gasteiger partial charge on any atom is 0.354 e. The van der Waals surface area contributed by atoms with Gasteiger partial charge in [-0.05, 0) is 30.3 Å². The van der Waals surface area contributed by atoms with Crippen LogP contribution < -0.4 is 9.47 Å². The predicted molar refractivity (Wildman–Crippen MR) is 126 cm³/mol. The van der Waals surface area contributed by atoms with Crippen molar-refractivity contribution in [1.29, 1.82) is 0 Å². The molecule has 13 nitrogen and oxygen atoms in total. The lowest BCUT2D eigenvalue weighted by Gasteiger charge is -2.39. The summed E-state index contributed by atoms with van der Waals surface area (Å²) in [5.74, 6) is -0.0355. The molecule has 1 saturated heterocycles. The molecule has 2 aromatic carbocycles. The molecule has 0 bridgehead atoms. The Kier molecular flexibility index (Phi) is 7.61. The normalized spacial score (nSPS) is 23.6. The van der Waals surface area contributed by atoms with Crippen LogP contribution in [0.3, 0.4) is 0 Å². The highest BCUT2D eigenvalue weighted by molar-refractivity contribution is 5.99. The minimum Gasteiger partial charge on any atom is -0.489 e. The molecule has 0 radical (unpaired) electrons. The van der Waals surface area contributed by atoms with Crippen LogP contribution in [0.25, 0.3) is 10.9 Å². The SMILES string of the molecule is COC(=O)c1cc2c(O[C@@H]3O[C@H](CO)[C@H](O)[C@H](O)[C@H]3O)ccc(COc3ccc([N+](=O)[O-])cc3)c2n1C. The van der Waals surface area contributed by atoms with E-state index in [-0.39, 0.29) is 23.7 Å². The molecule has 5 atom stereocenters. The van der Waals surface area contributed by atoms with Gasteiger partial charge in [0.25, 0.3) is 5.69 Å². The lowest BCUT2D eigenvalue weighted by molar-refractivity contribution is -0.384.